The molecule has 1 aliphatic rings. The van der Waals surface area contributed by atoms with Crippen LogP contribution in [-0.4, -0.2) is 20.9 Å². The molecule has 0 N–H and O–H groups in total. The molecule has 1 saturated heterocycles. The molecule has 15 heavy (non-hydrogen) atoms. The first-order valence-electron chi connectivity index (χ1n) is 5.36. The fourth-order valence-electron chi connectivity index (χ4n) is 2.07. The lowest BCUT2D eigenvalue weighted by Crippen LogP contribution is -1.95. The second-order valence-electron chi connectivity index (χ2n) is 4.20. The van der Waals surface area contributed by atoms with Gasteiger partial charge in [-0.05, 0) is 36.8 Å². The van der Waals surface area contributed by atoms with Gasteiger partial charge < -0.3 is 4.40 Å². The minimum absolute atomic E-state index is 0.676. The summed E-state index contributed by atoms with van der Waals surface area (Å²) in [5.41, 5.74) is 3.63. The van der Waals surface area contributed by atoms with Crippen LogP contribution in [-0.2, 0) is 0 Å². The molecule has 1 atom stereocenters. The molecule has 0 aliphatic carbocycles. The maximum Gasteiger partial charge on any atom is 0.137 e. The summed E-state index contributed by atoms with van der Waals surface area (Å²) in [6.07, 6.45) is 5.57. The summed E-state index contributed by atoms with van der Waals surface area (Å²) in [6.45, 7) is 2.11. The Morgan fingerprint density at radius 2 is 2.47 bits per heavy atom. The summed E-state index contributed by atoms with van der Waals surface area (Å²) < 4.78 is 2.13. The van der Waals surface area contributed by atoms with E-state index in [0.717, 1.165) is 5.65 Å². The Kier molecular flexibility index (Phi) is 2.20. The number of rotatable bonds is 1. The molecule has 3 heteroatoms. The van der Waals surface area contributed by atoms with Crippen LogP contribution < -0.4 is 0 Å². The van der Waals surface area contributed by atoms with Crippen LogP contribution >= 0.6 is 11.8 Å². The summed E-state index contributed by atoms with van der Waals surface area (Å²) >= 11 is 2.04. The first kappa shape index (κ1) is 9.28. The van der Waals surface area contributed by atoms with Gasteiger partial charge in [-0.15, -0.1) is 0 Å². The van der Waals surface area contributed by atoms with Crippen LogP contribution in [0.3, 0.4) is 0 Å². The third-order valence-corrected chi connectivity index (χ3v) is 4.14. The molecule has 2 nitrogen and oxygen atoms in total. The fourth-order valence-corrected chi connectivity index (χ4v) is 3.31. The topological polar surface area (TPSA) is 17.3 Å². The Labute approximate surface area is 93.7 Å². The van der Waals surface area contributed by atoms with Crippen molar-refractivity contribution in [1.82, 2.24) is 9.38 Å². The molecule has 0 saturated carbocycles. The fraction of sp³-hybridized carbons (Fsp3) is 0.417. The highest BCUT2D eigenvalue weighted by molar-refractivity contribution is 7.99. The van der Waals surface area contributed by atoms with E-state index in [-0.39, 0.29) is 0 Å². The zero-order chi connectivity index (χ0) is 10.3. The molecule has 3 heterocycles. The molecule has 0 radical (unpaired) electrons. The van der Waals surface area contributed by atoms with Crippen molar-refractivity contribution in [2.75, 3.05) is 11.5 Å². The number of imidazole rings is 1. The first-order valence-corrected chi connectivity index (χ1v) is 6.51. The third-order valence-electron chi connectivity index (χ3n) is 2.98. The highest BCUT2D eigenvalue weighted by Gasteiger charge is 2.20. The quantitative estimate of drug-likeness (QED) is 0.732. The lowest BCUT2D eigenvalue weighted by atomic mass is 10.1. The maximum absolute atomic E-state index is 4.71. The van der Waals surface area contributed by atoms with Gasteiger partial charge >= 0.3 is 0 Å². The van der Waals surface area contributed by atoms with E-state index in [2.05, 4.69) is 35.9 Å². The summed E-state index contributed by atoms with van der Waals surface area (Å²) in [5.74, 6) is 3.20. The molecule has 0 bridgehead atoms. The van der Waals surface area contributed by atoms with E-state index in [1.165, 1.54) is 29.2 Å². The SMILES string of the molecule is Cc1ccn2cc(C3CCSC3)nc2c1. The van der Waals surface area contributed by atoms with Gasteiger partial charge in [-0.3, -0.25) is 0 Å². The van der Waals surface area contributed by atoms with Crippen LogP contribution in [0.25, 0.3) is 5.65 Å². The Morgan fingerprint density at radius 1 is 1.53 bits per heavy atom. The van der Waals surface area contributed by atoms with Crippen molar-refractivity contribution < 1.29 is 0 Å². The predicted molar refractivity (Wildman–Crippen MR) is 64.6 cm³/mol. The summed E-state index contributed by atoms with van der Waals surface area (Å²) in [7, 11) is 0. The van der Waals surface area contributed by atoms with E-state index in [1.54, 1.807) is 0 Å². The Morgan fingerprint density at radius 3 is 3.27 bits per heavy atom. The normalized spacial score (nSPS) is 21.3. The number of hydrogen-bond donors (Lipinski definition) is 0. The standard InChI is InChI=1S/C12H14N2S/c1-9-2-4-14-7-11(13-12(14)6-9)10-3-5-15-8-10/h2,4,6-7,10H,3,5,8H2,1H3. The number of hydrogen-bond acceptors (Lipinski definition) is 2. The van der Waals surface area contributed by atoms with Crippen LogP contribution in [0, 0.1) is 6.92 Å². The highest BCUT2D eigenvalue weighted by Crippen LogP contribution is 2.31. The van der Waals surface area contributed by atoms with E-state index >= 15 is 0 Å². The van der Waals surface area contributed by atoms with Crippen molar-refractivity contribution in [3.63, 3.8) is 0 Å². The van der Waals surface area contributed by atoms with Gasteiger partial charge in [0.05, 0.1) is 5.69 Å². The summed E-state index contributed by atoms with van der Waals surface area (Å²) in [5, 5.41) is 0. The molecule has 0 spiro atoms. The van der Waals surface area contributed by atoms with Gasteiger partial charge in [-0.1, -0.05) is 0 Å². The molecule has 78 valence electrons. The van der Waals surface area contributed by atoms with Crippen LogP contribution in [0.2, 0.25) is 0 Å². The van der Waals surface area contributed by atoms with Crippen molar-refractivity contribution in [1.29, 1.82) is 0 Å². The van der Waals surface area contributed by atoms with Crippen LogP contribution in [0.4, 0.5) is 0 Å². The predicted octanol–water partition coefficient (Wildman–Crippen LogP) is 2.86. The minimum Gasteiger partial charge on any atom is -0.307 e. The zero-order valence-electron chi connectivity index (χ0n) is 8.81. The number of nitrogens with zero attached hydrogens (tertiary/aromatic N) is 2. The van der Waals surface area contributed by atoms with E-state index < -0.39 is 0 Å². The largest absolute Gasteiger partial charge is 0.307 e. The molecule has 1 fully saturated rings. The molecule has 0 aromatic carbocycles. The van der Waals surface area contributed by atoms with Crippen molar-refractivity contribution in [3.05, 3.63) is 35.8 Å². The number of aromatic nitrogens is 2. The number of fused-ring (bicyclic) bond motifs is 1. The van der Waals surface area contributed by atoms with Crippen molar-refractivity contribution in [3.8, 4) is 0 Å². The van der Waals surface area contributed by atoms with Gasteiger partial charge in [0.25, 0.3) is 0 Å². The van der Waals surface area contributed by atoms with Crippen LogP contribution in [0.5, 0.6) is 0 Å². The Balaban J connectivity index is 2.05. The third kappa shape index (κ3) is 1.65. The number of aryl methyl sites for hydroxylation is 1. The van der Waals surface area contributed by atoms with E-state index in [1.807, 2.05) is 11.8 Å². The molecule has 1 unspecified atom stereocenters. The van der Waals surface area contributed by atoms with E-state index in [4.69, 9.17) is 4.98 Å². The average Bonchev–Trinajstić information content (AvgIpc) is 2.84. The summed E-state index contributed by atoms with van der Waals surface area (Å²) in [6, 6.07) is 4.27. The smallest absolute Gasteiger partial charge is 0.137 e. The maximum atomic E-state index is 4.71. The minimum atomic E-state index is 0.676. The van der Waals surface area contributed by atoms with Crippen molar-refractivity contribution in [2.24, 2.45) is 0 Å². The van der Waals surface area contributed by atoms with Gasteiger partial charge in [0, 0.05) is 24.1 Å². The van der Waals surface area contributed by atoms with Crippen molar-refractivity contribution >= 4 is 17.4 Å². The molecule has 0 amide bonds. The van der Waals surface area contributed by atoms with Gasteiger partial charge in [0.2, 0.25) is 0 Å². The molecule has 2 aromatic heterocycles. The van der Waals surface area contributed by atoms with Crippen LogP contribution in [0.1, 0.15) is 23.6 Å². The Hall–Kier alpha value is -0.960. The van der Waals surface area contributed by atoms with E-state index in [9.17, 15) is 0 Å². The van der Waals surface area contributed by atoms with E-state index in [0.29, 0.717) is 5.92 Å². The number of pyridine rings is 1. The summed E-state index contributed by atoms with van der Waals surface area (Å²) in [4.78, 5) is 4.71. The first-order chi connectivity index (χ1) is 7.33. The lowest BCUT2D eigenvalue weighted by Gasteiger charge is -2.01. The average molecular weight is 218 g/mol. The van der Waals surface area contributed by atoms with Gasteiger partial charge in [-0.25, -0.2) is 4.98 Å². The van der Waals surface area contributed by atoms with Gasteiger partial charge in [-0.2, -0.15) is 11.8 Å². The monoisotopic (exact) mass is 218 g/mol. The molecule has 3 rings (SSSR count). The lowest BCUT2D eigenvalue weighted by molar-refractivity contribution is 0.759. The molecular formula is C12H14N2S. The van der Waals surface area contributed by atoms with Gasteiger partial charge in [0.15, 0.2) is 0 Å². The number of thioether (sulfide) groups is 1. The second kappa shape index (κ2) is 3.56. The zero-order valence-corrected chi connectivity index (χ0v) is 9.63. The molecule has 1 aliphatic heterocycles. The molecule has 2 aromatic rings. The highest BCUT2D eigenvalue weighted by atomic mass is 32.2. The Bertz CT molecular complexity index is 483. The van der Waals surface area contributed by atoms with Crippen molar-refractivity contribution in [2.45, 2.75) is 19.3 Å². The molecular weight excluding hydrogens is 204 g/mol. The second-order valence-corrected chi connectivity index (χ2v) is 5.35. The van der Waals surface area contributed by atoms with Crippen LogP contribution in [0.15, 0.2) is 24.5 Å². The van der Waals surface area contributed by atoms with Gasteiger partial charge in [0.1, 0.15) is 5.65 Å².